The Balaban J connectivity index is 2.54. The second-order valence-electron chi connectivity index (χ2n) is 5.55. The maximum absolute atomic E-state index is 11.5. The zero-order valence-corrected chi connectivity index (χ0v) is 14.7. The minimum absolute atomic E-state index is 0.0123. The average Bonchev–Trinajstić information content (AvgIpc) is 2.59. The smallest absolute Gasteiger partial charge is 0.294 e. The Labute approximate surface area is 146 Å². The quantitative estimate of drug-likeness (QED) is 0.501. The zero-order chi connectivity index (χ0) is 18.7. The molecule has 2 aromatic rings. The summed E-state index contributed by atoms with van der Waals surface area (Å²) in [4.78, 5) is -0.330. The van der Waals surface area contributed by atoms with Gasteiger partial charge in [-0.3, -0.25) is 4.55 Å². The van der Waals surface area contributed by atoms with Crippen molar-refractivity contribution in [3.63, 3.8) is 0 Å². The summed E-state index contributed by atoms with van der Waals surface area (Å²) >= 11 is 0. The number of aliphatic hydroxyl groups excluding tert-OH is 1. The molecular formula is C17H20O7S. The van der Waals surface area contributed by atoms with Gasteiger partial charge in [0.05, 0.1) is 11.5 Å². The molecule has 2 rings (SSSR count). The molecule has 8 heteroatoms. The van der Waals surface area contributed by atoms with Crippen LogP contribution in [0.2, 0.25) is 0 Å². The van der Waals surface area contributed by atoms with Crippen molar-refractivity contribution in [1.29, 1.82) is 0 Å². The van der Waals surface area contributed by atoms with Crippen LogP contribution >= 0.6 is 0 Å². The van der Waals surface area contributed by atoms with E-state index in [0.717, 1.165) is 6.07 Å². The number of benzene rings is 2. The monoisotopic (exact) mass is 368 g/mol. The van der Waals surface area contributed by atoms with E-state index >= 15 is 0 Å². The third-order valence-electron chi connectivity index (χ3n) is 3.83. The summed E-state index contributed by atoms with van der Waals surface area (Å²) in [5, 5.41) is 20.8. The largest absolute Gasteiger partial charge is 0.468 e. The fourth-order valence-electron chi connectivity index (χ4n) is 2.45. The Morgan fingerprint density at radius 1 is 1.12 bits per heavy atom. The van der Waals surface area contributed by atoms with Crippen LogP contribution in [0.1, 0.15) is 16.7 Å². The highest BCUT2D eigenvalue weighted by Gasteiger charge is 2.32. The van der Waals surface area contributed by atoms with E-state index in [9.17, 15) is 23.2 Å². The second kappa shape index (κ2) is 7.51. The van der Waals surface area contributed by atoms with Gasteiger partial charge in [-0.1, -0.05) is 24.3 Å². The van der Waals surface area contributed by atoms with E-state index in [1.165, 1.54) is 32.2 Å². The van der Waals surface area contributed by atoms with Gasteiger partial charge in [0, 0.05) is 7.11 Å². The molecule has 1 atom stereocenters. The molecule has 136 valence electrons. The van der Waals surface area contributed by atoms with Gasteiger partial charge in [-0.2, -0.15) is 8.42 Å². The van der Waals surface area contributed by atoms with Crippen LogP contribution in [0.25, 0.3) is 0 Å². The predicted octanol–water partition coefficient (Wildman–Crippen LogP) is 1.45. The maximum atomic E-state index is 11.5. The van der Waals surface area contributed by atoms with Crippen molar-refractivity contribution in [2.75, 3.05) is 20.5 Å². The lowest BCUT2D eigenvalue weighted by atomic mass is 9.86. The van der Waals surface area contributed by atoms with Crippen LogP contribution in [0.5, 0.6) is 5.75 Å². The first-order valence-electron chi connectivity index (χ1n) is 7.36. The van der Waals surface area contributed by atoms with Gasteiger partial charge in [0.15, 0.2) is 6.79 Å². The Morgan fingerprint density at radius 3 is 2.40 bits per heavy atom. The van der Waals surface area contributed by atoms with Crippen LogP contribution in [0.3, 0.4) is 0 Å². The number of aliphatic hydroxyl groups is 2. The van der Waals surface area contributed by atoms with Crippen LogP contribution in [0.15, 0.2) is 47.4 Å². The molecule has 0 aromatic heterocycles. The number of aryl methyl sites for hydroxylation is 1. The highest BCUT2D eigenvalue weighted by Crippen LogP contribution is 2.33. The minimum atomic E-state index is -4.46. The number of hydrogen-bond acceptors (Lipinski definition) is 6. The van der Waals surface area contributed by atoms with Gasteiger partial charge in [0.1, 0.15) is 11.4 Å². The predicted molar refractivity (Wildman–Crippen MR) is 90.0 cm³/mol. The highest BCUT2D eigenvalue weighted by molar-refractivity contribution is 7.85. The van der Waals surface area contributed by atoms with E-state index in [1.807, 2.05) is 0 Å². The molecule has 0 spiro atoms. The van der Waals surface area contributed by atoms with Crippen molar-refractivity contribution < 1.29 is 32.7 Å². The van der Waals surface area contributed by atoms with Crippen LogP contribution in [-0.4, -0.2) is 43.7 Å². The van der Waals surface area contributed by atoms with E-state index in [0.29, 0.717) is 16.9 Å². The Hall–Kier alpha value is -1.97. The topological polar surface area (TPSA) is 113 Å². The van der Waals surface area contributed by atoms with Gasteiger partial charge in [-0.25, -0.2) is 0 Å². The molecular weight excluding hydrogens is 348 g/mol. The molecule has 0 aliphatic carbocycles. The van der Waals surface area contributed by atoms with Crippen molar-refractivity contribution in [1.82, 2.24) is 0 Å². The van der Waals surface area contributed by atoms with Crippen molar-refractivity contribution >= 4 is 10.1 Å². The van der Waals surface area contributed by atoms with Gasteiger partial charge in [0.2, 0.25) is 0 Å². The molecule has 0 saturated heterocycles. The molecule has 0 fully saturated rings. The second-order valence-corrected chi connectivity index (χ2v) is 6.94. The Bertz CT molecular complexity index is 848. The third-order valence-corrected chi connectivity index (χ3v) is 4.82. The number of hydrogen-bond donors (Lipinski definition) is 3. The van der Waals surface area contributed by atoms with E-state index in [2.05, 4.69) is 0 Å². The van der Waals surface area contributed by atoms with Gasteiger partial charge in [-0.05, 0) is 41.8 Å². The van der Waals surface area contributed by atoms with E-state index in [4.69, 9.17) is 9.47 Å². The van der Waals surface area contributed by atoms with Crippen LogP contribution in [0, 0.1) is 6.92 Å². The molecule has 0 bridgehead atoms. The summed E-state index contributed by atoms with van der Waals surface area (Å²) in [5.41, 5.74) is -1.13. The molecule has 1 unspecified atom stereocenters. The SMILES string of the molecule is COCOc1cccc(C(O)(CO)c2ccc(C)c(S(=O)(=O)O)c2)c1. The van der Waals surface area contributed by atoms with Crippen LogP contribution in [-0.2, 0) is 20.5 Å². The molecule has 0 aliphatic heterocycles. The van der Waals surface area contributed by atoms with Crippen molar-refractivity contribution in [2.24, 2.45) is 0 Å². The van der Waals surface area contributed by atoms with Crippen LogP contribution in [0.4, 0.5) is 0 Å². The normalized spacial score (nSPS) is 14.1. The third kappa shape index (κ3) is 4.17. The number of methoxy groups -OCH3 is 1. The molecule has 0 heterocycles. The molecule has 0 saturated carbocycles. The first kappa shape index (κ1) is 19.4. The van der Waals surface area contributed by atoms with Crippen molar-refractivity contribution in [3.8, 4) is 5.75 Å². The number of ether oxygens (including phenoxy) is 2. The summed E-state index contributed by atoms with van der Waals surface area (Å²) in [5.74, 6) is 0.410. The zero-order valence-electron chi connectivity index (χ0n) is 13.8. The average molecular weight is 368 g/mol. The lowest BCUT2D eigenvalue weighted by molar-refractivity contribution is 0.0162. The Morgan fingerprint density at radius 2 is 1.80 bits per heavy atom. The lowest BCUT2D eigenvalue weighted by Crippen LogP contribution is -2.32. The summed E-state index contributed by atoms with van der Waals surface area (Å²) in [6.45, 7) is 0.831. The molecule has 2 aromatic carbocycles. The minimum Gasteiger partial charge on any atom is -0.468 e. The highest BCUT2D eigenvalue weighted by atomic mass is 32.2. The molecule has 0 amide bonds. The Kier molecular flexibility index (Phi) is 5.81. The summed E-state index contributed by atoms with van der Waals surface area (Å²) in [6.07, 6.45) is 0. The lowest BCUT2D eigenvalue weighted by Gasteiger charge is -2.28. The van der Waals surface area contributed by atoms with Gasteiger partial charge in [0.25, 0.3) is 10.1 Å². The van der Waals surface area contributed by atoms with Gasteiger partial charge in [-0.15, -0.1) is 0 Å². The molecule has 7 nitrogen and oxygen atoms in total. The summed E-state index contributed by atoms with van der Waals surface area (Å²) in [7, 11) is -2.99. The molecule has 25 heavy (non-hydrogen) atoms. The van der Waals surface area contributed by atoms with Gasteiger partial charge >= 0.3 is 0 Å². The summed E-state index contributed by atoms with van der Waals surface area (Å²) in [6, 6.07) is 10.4. The van der Waals surface area contributed by atoms with Crippen LogP contribution < -0.4 is 4.74 Å². The molecule has 0 radical (unpaired) electrons. The van der Waals surface area contributed by atoms with Gasteiger partial charge < -0.3 is 19.7 Å². The standard InChI is InChI=1S/C17H20O7S/c1-12-6-7-14(9-16(12)25(20,21)22)17(19,10-18)13-4-3-5-15(8-13)24-11-23-2/h3-9,18-19H,10-11H2,1-2H3,(H,20,21,22). The first-order valence-corrected chi connectivity index (χ1v) is 8.80. The van der Waals surface area contributed by atoms with E-state index in [1.54, 1.807) is 18.2 Å². The fraction of sp³-hybridized carbons (Fsp3) is 0.294. The van der Waals surface area contributed by atoms with Crippen molar-refractivity contribution in [2.45, 2.75) is 17.4 Å². The van der Waals surface area contributed by atoms with E-state index in [-0.39, 0.29) is 17.3 Å². The molecule has 3 N–H and O–H groups in total. The number of rotatable bonds is 7. The molecule has 0 aliphatic rings. The van der Waals surface area contributed by atoms with Crippen molar-refractivity contribution in [3.05, 3.63) is 59.2 Å². The fourth-order valence-corrected chi connectivity index (χ4v) is 3.21. The van der Waals surface area contributed by atoms with E-state index < -0.39 is 22.3 Å². The maximum Gasteiger partial charge on any atom is 0.294 e. The first-order chi connectivity index (χ1) is 11.7. The summed E-state index contributed by atoms with van der Waals surface area (Å²) < 4.78 is 42.5.